The summed E-state index contributed by atoms with van der Waals surface area (Å²) in [6.07, 6.45) is 1.37. The van der Waals surface area contributed by atoms with Crippen LogP contribution in [-0.4, -0.2) is 51.5 Å². The number of phenols is 1. The van der Waals surface area contributed by atoms with Crippen molar-refractivity contribution in [2.45, 2.75) is 25.5 Å². The fourth-order valence-corrected chi connectivity index (χ4v) is 3.68. The summed E-state index contributed by atoms with van der Waals surface area (Å²) in [4.78, 5) is 12.2. The van der Waals surface area contributed by atoms with Gasteiger partial charge in [-0.25, -0.2) is 5.43 Å². The van der Waals surface area contributed by atoms with Gasteiger partial charge in [-0.15, -0.1) is 10.2 Å². The number of nitrogens with one attached hydrogen (secondary N) is 1. The van der Waals surface area contributed by atoms with Gasteiger partial charge in [-0.05, 0) is 50.2 Å². The molecule has 0 spiro atoms. The second-order valence-corrected chi connectivity index (χ2v) is 7.43. The van der Waals surface area contributed by atoms with Crippen LogP contribution < -0.4 is 14.9 Å². The van der Waals surface area contributed by atoms with Crippen molar-refractivity contribution in [3.63, 3.8) is 0 Å². The molecule has 9 nitrogen and oxygen atoms in total. The van der Waals surface area contributed by atoms with Crippen LogP contribution in [-0.2, 0) is 11.3 Å². The predicted molar refractivity (Wildman–Crippen MR) is 123 cm³/mol. The molecule has 0 radical (unpaired) electrons. The number of benzene rings is 2. The number of hydrazone groups is 1. The summed E-state index contributed by atoms with van der Waals surface area (Å²) in [5.74, 6) is 1.64. The number of aromatic hydroxyl groups is 1. The monoisotopic (exact) mass is 455 g/mol. The zero-order valence-electron chi connectivity index (χ0n) is 18.1. The first-order valence-corrected chi connectivity index (χ1v) is 11.0. The Kier molecular flexibility index (Phi) is 8.09. The molecule has 1 aromatic heterocycles. The molecule has 3 rings (SSSR count). The number of carbonyl (C=O) groups excluding carboxylic acids is 1. The lowest BCUT2D eigenvalue weighted by atomic mass is 10.2. The van der Waals surface area contributed by atoms with Crippen molar-refractivity contribution in [3.8, 4) is 28.6 Å². The molecule has 3 aromatic rings. The lowest BCUT2D eigenvalue weighted by Gasteiger charge is -2.08. The van der Waals surface area contributed by atoms with Crippen LogP contribution in [0.3, 0.4) is 0 Å². The topological polar surface area (TPSA) is 111 Å². The number of phenolic OH excluding ortho intramolecular Hbond substituents is 1. The Balaban J connectivity index is 1.60. The number of carbonyl (C=O) groups is 1. The van der Waals surface area contributed by atoms with Gasteiger partial charge in [-0.2, -0.15) is 5.10 Å². The minimum atomic E-state index is -0.302. The molecule has 0 atom stereocenters. The number of ether oxygens (including phenoxy) is 2. The summed E-state index contributed by atoms with van der Waals surface area (Å²) >= 11 is 1.27. The van der Waals surface area contributed by atoms with Gasteiger partial charge < -0.3 is 19.1 Å². The zero-order chi connectivity index (χ0) is 22.9. The van der Waals surface area contributed by atoms with Crippen molar-refractivity contribution >= 4 is 23.9 Å². The number of methoxy groups -OCH3 is 1. The molecule has 0 aliphatic heterocycles. The average Bonchev–Trinajstić information content (AvgIpc) is 3.23. The van der Waals surface area contributed by atoms with E-state index in [2.05, 4.69) is 20.7 Å². The van der Waals surface area contributed by atoms with Gasteiger partial charge in [0.25, 0.3) is 5.91 Å². The molecule has 1 heterocycles. The maximum absolute atomic E-state index is 12.2. The first-order chi connectivity index (χ1) is 15.6. The Hall–Kier alpha value is -3.53. The van der Waals surface area contributed by atoms with Crippen molar-refractivity contribution in [3.05, 3.63) is 48.0 Å². The van der Waals surface area contributed by atoms with Gasteiger partial charge in [0.05, 0.1) is 25.7 Å². The quantitative estimate of drug-likeness (QED) is 0.274. The summed E-state index contributed by atoms with van der Waals surface area (Å²) in [5, 5.41) is 23.2. The molecule has 2 aromatic carbocycles. The Morgan fingerprint density at radius 3 is 2.69 bits per heavy atom. The molecule has 10 heteroatoms. The number of amides is 1. The van der Waals surface area contributed by atoms with Crippen LogP contribution in [0.1, 0.15) is 19.4 Å². The standard InChI is InChI=1S/C22H25N5O4S/c1-4-27-21(15-9-11-17(30-3)12-10-15)25-26-22(27)32-14-19(28)24-23-13-16-7-6-8-18(20(16)29)31-5-2/h6-13,29H,4-5,14H2,1-3H3,(H,24,28)/b23-13-. The molecule has 168 valence electrons. The van der Waals surface area contributed by atoms with Gasteiger partial charge in [0.2, 0.25) is 0 Å². The molecular formula is C22H25N5O4S. The van der Waals surface area contributed by atoms with Crippen LogP contribution in [0.25, 0.3) is 11.4 Å². The maximum atomic E-state index is 12.2. The van der Waals surface area contributed by atoms with Crippen LogP contribution in [0.2, 0.25) is 0 Å². The molecule has 0 saturated heterocycles. The largest absolute Gasteiger partial charge is 0.504 e. The number of hydrogen-bond donors (Lipinski definition) is 2. The molecular weight excluding hydrogens is 430 g/mol. The highest BCUT2D eigenvalue weighted by atomic mass is 32.2. The van der Waals surface area contributed by atoms with E-state index in [4.69, 9.17) is 9.47 Å². The van der Waals surface area contributed by atoms with Crippen molar-refractivity contribution in [2.24, 2.45) is 5.10 Å². The van der Waals surface area contributed by atoms with E-state index in [1.54, 1.807) is 25.3 Å². The van der Waals surface area contributed by atoms with Gasteiger partial charge in [-0.3, -0.25) is 4.79 Å². The van der Waals surface area contributed by atoms with Crippen LogP contribution in [0.15, 0.2) is 52.7 Å². The van der Waals surface area contributed by atoms with E-state index in [9.17, 15) is 9.90 Å². The van der Waals surface area contributed by atoms with E-state index >= 15 is 0 Å². The number of hydrogen-bond acceptors (Lipinski definition) is 8. The molecule has 2 N–H and O–H groups in total. The third kappa shape index (κ3) is 5.58. The van der Waals surface area contributed by atoms with Crippen molar-refractivity contribution < 1.29 is 19.4 Å². The molecule has 0 unspecified atom stereocenters. The zero-order valence-corrected chi connectivity index (χ0v) is 18.9. The highest BCUT2D eigenvalue weighted by molar-refractivity contribution is 7.99. The van der Waals surface area contributed by atoms with Crippen molar-refractivity contribution in [1.82, 2.24) is 20.2 Å². The first kappa shape index (κ1) is 23.1. The molecule has 0 aliphatic rings. The second-order valence-electron chi connectivity index (χ2n) is 6.49. The van der Waals surface area contributed by atoms with Gasteiger partial charge in [-0.1, -0.05) is 17.8 Å². The van der Waals surface area contributed by atoms with E-state index < -0.39 is 0 Å². The Bertz CT molecular complexity index is 1080. The fourth-order valence-electron chi connectivity index (χ4n) is 2.89. The summed E-state index contributed by atoms with van der Waals surface area (Å²) in [6, 6.07) is 12.6. The number of para-hydroxylation sites is 1. The molecule has 0 fully saturated rings. The number of thioether (sulfide) groups is 1. The van der Waals surface area contributed by atoms with Gasteiger partial charge in [0, 0.05) is 17.7 Å². The van der Waals surface area contributed by atoms with Crippen LogP contribution in [0, 0.1) is 0 Å². The molecule has 32 heavy (non-hydrogen) atoms. The summed E-state index contributed by atoms with van der Waals surface area (Å²) in [5.41, 5.74) is 3.81. The van der Waals surface area contributed by atoms with Crippen molar-refractivity contribution in [2.75, 3.05) is 19.5 Å². The first-order valence-electron chi connectivity index (χ1n) is 10.0. The van der Waals surface area contributed by atoms with Gasteiger partial charge in [0.15, 0.2) is 22.5 Å². The van der Waals surface area contributed by atoms with Gasteiger partial charge >= 0.3 is 0 Å². The van der Waals surface area contributed by atoms with Crippen molar-refractivity contribution in [1.29, 1.82) is 0 Å². The molecule has 0 bridgehead atoms. The normalized spacial score (nSPS) is 11.0. The molecule has 0 saturated carbocycles. The third-order valence-corrected chi connectivity index (χ3v) is 5.40. The minimum Gasteiger partial charge on any atom is -0.504 e. The fraction of sp³-hybridized carbons (Fsp3) is 0.273. The lowest BCUT2D eigenvalue weighted by molar-refractivity contribution is -0.118. The van der Waals surface area contributed by atoms with Crippen LogP contribution >= 0.6 is 11.8 Å². The van der Waals surface area contributed by atoms with E-state index in [0.717, 1.165) is 17.1 Å². The predicted octanol–water partition coefficient (Wildman–Crippen LogP) is 3.32. The minimum absolute atomic E-state index is 0.0242. The van der Waals surface area contributed by atoms with E-state index in [-0.39, 0.29) is 17.4 Å². The smallest absolute Gasteiger partial charge is 0.250 e. The number of rotatable bonds is 10. The highest BCUT2D eigenvalue weighted by Crippen LogP contribution is 2.28. The SMILES string of the molecule is CCOc1cccc(/C=N\NC(=O)CSc2nnc(-c3ccc(OC)cc3)n2CC)c1O. The van der Waals surface area contributed by atoms with E-state index in [1.807, 2.05) is 42.7 Å². The Morgan fingerprint density at radius 1 is 1.22 bits per heavy atom. The summed E-state index contributed by atoms with van der Waals surface area (Å²) in [7, 11) is 1.62. The Labute approximate surface area is 190 Å². The number of aromatic nitrogens is 3. The average molecular weight is 456 g/mol. The van der Waals surface area contributed by atoms with Crippen LogP contribution in [0.5, 0.6) is 17.2 Å². The van der Waals surface area contributed by atoms with Gasteiger partial charge in [0.1, 0.15) is 5.75 Å². The van der Waals surface area contributed by atoms with Crippen LogP contribution in [0.4, 0.5) is 0 Å². The second kappa shape index (κ2) is 11.2. The Morgan fingerprint density at radius 2 is 2.00 bits per heavy atom. The summed E-state index contributed by atoms with van der Waals surface area (Å²) < 4.78 is 12.5. The van der Waals surface area contributed by atoms with E-state index in [1.165, 1.54) is 18.0 Å². The lowest BCUT2D eigenvalue weighted by Crippen LogP contribution is -2.20. The molecule has 0 aliphatic carbocycles. The third-order valence-electron chi connectivity index (χ3n) is 4.44. The highest BCUT2D eigenvalue weighted by Gasteiger charge is 2.14. The number of nitrogens with zero attached hydrogens (tertiary/aromatic N) is 4. The summed E-state index contributed by atoms with van der Waals surface area (Å²) in [6.45, 7) is 4.92. The maximum Gasteiger partial charge on any atom is 0.250 e. The molecule has 1 amide bonds. The van der Waals surface area contributed by atoms with E-state index in [0.29, 0.717) is 29.6 Å².